The standard InChI is InChI=1S/C18H27NO4/c1-18(2,3)23-17(21)19-11-9-14(10-12-19)16(20)13-5-7-15(22-4)8-6-13/h5-8,14,16,20H,9-12H2,1-4H3/t16-/m0/s1. The number of likely N-dealkylation sites (tertiary alicyclic amines) is 1. The number of hydrogen-bond acceptors (Lipinski definition) is 4. The lowest BCUT2D eigenvalue weighted by atomic mass is 9.87. The van der Waals surface area contributed by atoms with Gasteiger partial charge in [0, 0.05) is 13.1 Å². The maximum atomic E-state index is 12.1. The Morgan fingerprint density at radius 3 is 2.26 bits per heavy atom. The van der Waals surface area contributed by atoms with Crippen LogP contribution in [0.15, 0.2) is 24.3 Å². The van der Waals surface area contributed by atoms with Crippen LogP contribution in [0.5, 0.6) is 5.75 Å². The van der Waals surface area contributed by atoms with E-state index in [1.807, 2.05) is 45.0 Å². The lowest BCUT2D eigenvalue weighted by Gasteiger charge is -2.35. The number of methoxy groups -OCH3 is 1. The van der Waals surface area contributed by atoms with Crippen LogP contribution in [-0.2, 0) is 4.74 Å². The second kappa shape index (κ2) is 7.21. The zero-order valence-corrected chi connectivity index (χ0v) is 14.4. The monoisotopic (exact) mass is 321 g/mol. The van der Waals surface area contributed by atoms with E-state index in [1.54, 1.807) is 12.0 Å². The first kappa shape index (κ1) is 17.6. The van der Waals surface area contributed by atoms with Gasteiger partial charge in [-0.15, -0.1) is 0 Å². The minimum atomic E-state index is -0.512. The molecule has 0 radical (unpaired) electrons. The summed E-state index contributed by atoms with van der Waals surface area (Å²) >= 11 is 0. The van der Waals surface area contributed by atoms with Gasteiger partial charge in [0.05, 0.1) is 13.2 Å². The first-order valence-electron chi connectivity index (χ1n) is 8.10. The number of hydrogen-bond donors (Lipinski definition) is 1. The smallest absolute Gasteiger partial charge is 0.410 e. The Labute approximate surface area is 138 Å². The summed E-state index contributed by atoms with van der Waals surface area (Å²) in [5.74, 6) is 0.933. The summed E-state index contributed by atoms with van der Waals surface area (Å²) in [5.41, 5.74) is 0.415. The summed E-state index contributed by atoms with van der Waals surface area (Å²) in [6, 6.07) is 7.50. The minimum Gasteiger partial charge on any atom is -0.497 e. The van der Waals surface area contributed by atoms with Crippen molar-refractivity contribution in [3.63, 3.8) is 0 Å². The first-order valence-corrected chi connectivity index (χ1v) is 8.10. The van der Waals surface area contributed by atoms with Gasteiger partial charge in [-0.3, -0.25) is 0 Å². The third-order valence-corrected chi connectivity index (χ3v) is 4.10. The third-order valence-electron chi connectivity index (χ3n) is 4.10. The van der Waals surface area contributed by atoms with Gasteiger partial charge in [-0.25, -0.2) is 4.79 Å². The predicted molar refractivity (Wildman–Crippen MR) is 88.5 cm³/mol. The third kappa shape index (κ3) is 4.86. The van der Waals surface area contributed by atoms with Crippen LogP contribution in [0.3, 0.4) is 0 Å². The van der Waals surface area contributed by atoms with E-state index in [2.05, 4.69) is 0 Å². The fourth-order valence-corrected chi connectivity index (χ4v) is 2.80. The van der Waals surface area contributed by atoms with Crippen molar-refractivity contribution < 1.29 is 19.4 Å². The zero-order chi connectivity index (χ0) is 17.0. The summed E-state index contributed by atoms with van der Waals surface area (Å²) < 4.78 is 10.5. The molecule has 0 saturated carbocycles. The summed E-state index contributed by atoms with van der Waals surface area (Å²) in [4.78, 5) is 13.8. The molecule has 128 valence electrons. The molecule has 1 heterocycles. The highest BCUT2D eigenvalue weighted by Crippen LogP contribution is 2.31. The Morgan fingerprint density at radius 2 is 1.78 bits per heavy atom. The van der Waals surface area contributed by atoms with Crippen molar-refractivity contribution in [2.45, 2.75) is 45.3 Å². The number of rotatable bonds is 3. The second-order valence-electron chi connectivity index (χ2n) is 7.02. The van der Waals surface area contributed by atoms with Crippen molar-refractivity contribution >= 4 is 6.09 Å². The fraction of sp³-hybridized carbons (Fsp3) is 0.611. The molecule has 1 aromatic rings. The van der Waals surface area contributed by atoms with Crippen LogP contribution >= 0.6 is 0 Å². The Kier molecular flexibility index (Phi) is 5.52. The molecule has 0 aromatic heterocycles. The summed E-state index contributed by atoms with van der Waals surface area (Å²) in [5, 5.41) is 10.5. The van der Waals surface area contributed by atoms with Crippen molar-refractivity contribution in [3.8, 4) is 5.75 Å². The molecule has 0 unspecified atom stereocenters. The van der Waals surface area contributed by atoms with E-state index >= 15 is 0 Å². The largest absolute Gasteiger partial charge is 0.497 e. The molecule has 0 bridgehead atoms. The molecule has 1 aliphatic heterocycles. The highest BCUT2D eigenvalue weighted by atomic mass is 16.6. The molecular formula is C18H27NO4. The lowest BCUT2D eigenvalue weighted by Crippen LogP contribution is -2.42. The van der Waals surface area contributed by atoms with Gasteiger partial charge < -0.3 is 19.5 Å². The molecule has 23 heavy (non-hydrogen) atoms. The topological polar surface area (TPSA) is 59.0 Å². The Morgan fingerprint density at radius 1 is 1.22 bits per heavy atom. The molecule has 0 aliphatic carbocycles. The zero-order valence-electron chi connectivity index (χ0n) is 14.4. The molecule has 1 fully saturated rings. The van der Waals surface area contributed by atoms with Gasteiger partial charge in [0.15, 0.2) is 0 Å². The first-order chi connectivity index (χ1) is 10.8. The van der Waals surface area contributed by atoms with Gasteiger partial charge in [0.1, 0.15) is 11.4 Å². The highest BCUT2D eigenvalue weighted by Gasteiger charge is 2.30. The average Bonchev–Trinajstić information content (AvgIpc) is 2.53. The predicted octanol–water partition coefficient (Wildman–Crippen LogP) is 3.38. The van der Waals surface area contributed by atoms with E-state index < -0.39 is 11.7 Å². The second-order valence-corrected chi connectivity index (χ2v) is 7.02. The summed E-state index contributed by atoms with van der Waals surface area (Å²) in [6.07, 6.45) is 0.760. The van der Waals surface area contributed by atoms with Gasteiger partial charge in [-0.05, 0) is 57.2 Å². The normalized spacial score (nSPS) is 17.7. The van der Waals surface area contributed by atoms with Crippen molar-refractivity contribution in [3.05, 3.63) is 29.8 Å². The summed E-state index contributed by atoms with van der Waals surface area (Å²) in [6.45, 7) is 6.83. The Bertz CT molecular complexity index is 513. The van der Waals surface area contributed by atoms with Crippen molar-refractivity contribution in [1.29, 1.82) is 0 Å². The number of amides is 1. The maximum absolute atomic E-state index is 12.1. The number of ether oxygens (including phenoxy) is 2. The van der Waals surface area contributed by atoms with E-state index in [4.69, 9.17) is 9.47 Å². The van der Waals surface area contributed by atoms with E-state index in [0.717, 1.165) is 24.2 Å². The molecule has 1 aliphatic rings. The van der Waals surface area contributed by atoms with Gasteiger partial charge in [0.2, 0.25) is 0 Å². The number of carbonyl (C=O) groups excluding carboxylic acids is 1. The fourth-order valence-electron chi connectivity index (χ4n) is 2.80. The quantitative estimate of drug-likeness (QED) is 0.927. The molecule has 0 spiro atoms. The summed E-state index contributed by atoms with van der Waals surface area (Å²) in [7, 11) is 1.62. The van der Waals surface area contributed by atoms with Crippen molar-refractivity contribution in [1.82, 2.24) is 4.90 Å². The van der Waals surface area contributed by atoms with Crippen LogP contribution in [0.25, 0.3) is 0 Å². The van der Waals surface area contributed by atoms with Gasteiger partial charge in [-0.2, -0.15) is 0 Å². The molecule has 2 rings (SSSR count). The van der Waals surface area contributed by atoms with Crippen molar-refractivity contribution in [2.24, 2.45) is 5.92 Å². The molecule has 1 aromatic carbocycles. The van der Waals surface area contributed by atoms with E-state index in [9.17, 15) is 9.90 Å². The number of aliphatic hydroxyl groups is 1. The molecular weight excluding hydrogens is 294 g/mol. The molecule has 1 saturated heterocycles. The minimum absolute atomic E-state index is 0.155. The highest BCUT2D eigenvalue weighted by molar-refractivity contribution is 5.68. The van der Waals surface area contributed by atoms with Crippen LogP contribution in [0.2, 0.25) is 0 Å². The SMILES string of the molecule is COc1ccc([C@H](O)C2CCN(C(=O)OC(C)(C)C)CC2)cc1. The van der Waals surface area contributed by atoms with Gasteiger partial charge >= 0.3 is 6.09 Å². The number of benzene rings is 1. The number of carbonyl (C=O) groups is 1. The van der Waals surface area contributed by atoms with Crippen LogP contribution < -0.4 is 4.74 Å². The van der Waals surface area contributed by atoms with E-state index in [-0.39, 0.29) is 12.0 Å². The average molecular weight is 321 g/mol. The number of piperidine rings is 1. The molecule has 1 N–H and O–H groups in total. The van der Waals surface area contributed by atoms with Crippen LogP contribution in [0, 0.1) is 5.92 Å². The lowest BCUT2D eigenvalue weighted by molar-refractivity contribution is 0.00766. The maximum Gasteiger partial charge on any atom is 0.410 e. The van der Waals surface area contributed by atoms with Crippen LogP contribution in [0.4, 0.5) is 4.79 Å². The van der Waals surface area contributed by atoms with Crippen LogP contribution in [-0.4, -0.2) is 41.9 Å². The van der Waals surface area contributed by atoms with Crippen LogP contribution in [0.1, 0.15) is 45.3 Å². The van der Waals surface area contributed by atoms with E-state index in [1.165, 1.54) is 0 Å². The van der Waals surface area contributed by atoms with E-state index in [0.29, 0.717) is 13.1 Å². The molecule has 1 amide bonds. The molecule has 5 heteroatoms. The Balaban J connectivity index is 1.89. The molecule has 5 nitrogen and oxygen atoms in total. The number of aliphatic hydroxyl groups excluding tert-OH is 1. The number of nitrogens with zero attached hydrogens (tertiary/aromatic N) is 1. The molecule has 1 atom stereocenters. The van der Waals surface area contributed by atoms with Gasteiger partial charge in [-0.1, -0.05) is 12.1 Å². The van der Waals surface area contributed by atoms with Gasteiger partial charge in [0.25, 0.3) is 0 Å². The van der Waals surface area contributed by atoms with Crippen molar-refractivity contribution in [2.75, 3.05) is 20.2 Å². The Hall–Kier alpha value is -1.75.